The highest BCUT2D eigenvalue weighted by Crippen LogP contribution is 2.15. The van der Waals surface area contributed by atoms with Gasteiger partial charge in [0.25, 0.3) is 0 Å². The van der Waals surface area contributed by atoms with Gasteiger partial charge in [-0.2, -0.15) is 0 Å². The van der Waals surface area contributed by atoms with E-state index in [1.165, 1.54) is 6.21 Å². The third kappa shape index (κ3) is 6.87. The van der Waals surface area contributed by atoms with Crippen molar-refractivity contribution in [2.24, 2.45) is 9.98 Å². The van der Waals surface area contributed by atoms with Crippen molar-refractivity contribution in [2.75, 3.05) is 13.2 Å². The fourth-order valence-corrected chi connectivity index (χ4v) is 2.56. The van der Waals surface area contributed by atoms with E-state index in [9.17, 15) is 15.0 Å². The Balaban J connectivity index is 1.86. The quantitative estimate of drug-likeness (QED) is 0.372. The molecule has 0 aromatic heterocycles. The van der Waals surface area contributed by atoms with E-state index in [2.05, 4.69) is 9.98 Å². The predicted molar refractivity (Wildman–Crippen MR) is 111 cm³/mol. The van der Waals surface area contributed by atoms with E-state index in [1.807, 2.05) is 6.07 Å². The first kappa shape index (κ1) is 21.2. The van der Waals surface area contributed by atoms with Gasteiger partial charge < -0.3 is 14.9 Å². The summed E-state index contributed by atoms with van der Waals surface area (Å²) in [5.74, 6) is -0.0497. The molecule has 1 unspecified atom stereocenters. The normalized spacial score (nSPS) is 12.5. The monoisotopic (exact) mass is 382 g/mol. The Labute approximate surface area is 165 Å². The molecule has 0 aliphatic heterocycles. The van der Waals surface area contributed by atoms with Crippen molar-refractivity contribution in [1.29, 1.82) is 0 Å². The van der Waals surface area contributed by atoms with Crippen molar-refractivity contribution in [3.05, 3.63) is 59.7 Å². The van der Waals surface area contributed by atoms with Crippen LogP contribution in [0.3, 0.4) is 0 Å². The van der Waals surface area contributed by atoms with Gasteiger partial charge in [-0.25, -0.2) is 4.79 Å². The van der Waals surface area contributed by atoms with Gasteiger partial charge >= 0.3 is 5.97 Å². The largest absolute Gasteiger partial charge is 0.507 e. The second-order valence-corrected chi connectivity index (χ2v) is 6.19. The molecular weight excluding hydrogens is 356 g/mol. The molecule has 0 radical (unpaired) electrons. The highest BCUT2D eigenvalue weighted by molar-refractivity contribution is 5.86. The molecule has 0 amide bonds. The Bertz CT molecular complexity index is 818. The van der Waals surface area contributed by atoms with E-state index in [0.29, 0.717) is 30.7 Å². The van der Waals surface area contributed by atoms with Gasteiger partial charge in [0.15, 0.2) is 0 Å². The molecule has 0 bridgehead atoms. The lowest BCUT2D eigenvalue weighted by molar-refractivity contribution is -0.144. The number of rotatable bonds is 10. The van der Waals surface area contributed by atoms with E-state index in [4.69, 9.17) is 4.74 Å². The number of benzene rings is 2. The van der Waals surface area contributed by atoms with Gasteiger partial charge in [-0.1, -0.05) is 24.3 Å². The molecule has 1 atom stereocenters. The van der Waals surface area contributed by atoms with Crippen LogP contribution in [0.2, 0.25) is 0 Å². The molecule has 2 rings (SSSR count). The van der Waals surface area contributed by atoms with E-state index in [0.717, 1.165) is 12.8 Å². The highest BCUT2D eigenvalue weighted by atomic mass is 16.5. The minimum absolute atomic E-state index is 0.118. The molecule has 2 aromatic carbocycles. The van der Waals surface area contributed by atoms with Crippen molar-refractivity contribution < 1.29 is 19.7 Å². The zero-order chi connectivity index (χ0) is 20.2. The van der Waals surface area contributed by atoms with Gasteiger partial charge in [0.05, 0.1) is 6.61 Å². The lowest BCUT2D eigenvalue weighted by Gasteiger charge is -2.11. The van der Waals surface area contributed by atoms with Crippen LogP contribution in [-0.4, -0.2) is 47.8 Å². The maximum atomic E-state index is 12.1. The van der Waals surface area contributed by atoms with Crippen LogP contribution in [-0.2, 0) is 9.53 Å². The van der Waals surface area contributed by atoms with Crippen molar-refractivity contribution in [3.63, 3.8) is 0 Å². The molecule has 28 heavy (non-hydrogen) atoms. The number of aromatic hydroxyl groups is 2. The zero-order valence-corrected chi connectivity index (χ0v) is 16.0. The van der Waals surface area contributed by atoms with Crippen molar-refractivity contribution >= 4 is 18.4 Å². The molecule has 2 N–H and O–H groups in total. The zero-order valence-electron chi connectivity index (χ0n) is 16.0. The first-order chi connectivity index (χ1) is 13.6. The van der Waals surface area contributed by atoms with Crippen LogP contribution < -0.4 is 0 Å². The van der Waals surface area contributed by atoms with Gasteiger partial charge in [0.2, 0.25) is 0 Å². The maximum Gasteiger partial charge on any atom is 0.330 e. The summed E-state index contributed by atoms with van der Waals surface area (Å²) >= 11 is 0. The molecule has 148 valence electrons. The van der Waals surface area contributed by atoms with Crippen LogP contribution >= 0.6 is 0 Å². The minimum atomic E-state index is -0.610. The summed E-state index contributed by atoms with van der Waals surface area (Å²) in [6.45, 7) is 2.65. The molecule has 0 saturated carbocycles. The Morgan fingerprint density at radius 1 is 1.00 bits per heavy atom. The van der Waals surface area contributed by atoms with Gasteiger partial charge in [-0.05, 0) is 50.5 Å². The number of para-hydroxylation sites is 2. The lowest BCUT2D eigenvalue weighted by Crippen LogP contribution is -2.22. The number of hydrogen-bond donors (Lipinski definition) is 2. The lowest BCUT2D eigenvalue weighted by atomic mass is 10.1. The number of nitrogens with zero attached hydrogens (tertiary/aromatic N) is 2. The number of phenolic OH excluding ortho intramolecular Hbond substituents is 2. The van der Waals surface area contributed by atoms with Gasteiger partial charge in [0, 0.05) is 30.1 Å². The van der Waals surface area contributed by atoms with E-state index < -0.39 is 6.04 Å². The SMILES string of the molecule is CCOC(=O)C(CCCCN=Cc1ccccc1O)N=Cc1ccccc1O. The third-order valence-electron chi connectivity index (χ3n) is 4.07. The summed E-state index contributed by atoms with van der Waals surface area (Å²) in [4.78, 5) is 20.8. The molecule has 0 aliphatic rings. The number of ether oxygens (including phenoxy) is 1. The van der Waals surface area contributed by atoms with Crippen LogP contribution in [0.5, 0.6) is 11.5 Å². The summed E-state index contributed by atoms with van der Waals surface area (Å²) in [5.41, 5.74) is 1.24. The molecule has 0 aliphatic carbocycles. The summed E-state index contributed by atoms with van der Waals surface area (Å²) in [6.07, 6.45) is 5.22. The summed E-state index contributed by atoms with van der Waals surface area (Å²) in [6, 6.07) is 13.2. The van der Waals surface area contributed by atoms with E-state index in [1.54, 1.807) is 55.6 Å². The Kier molecular flexibility index (Phi) is 8.72. The minimum Gasteiger partial charge on any atom is -0.507 e. The van der Waals surface area contributed by atoms with Crippen LogP contribution in [0.25, 0.3) is 0 Å². The standard InChI is InChI=1S/C22H26N2O4/c1-2-28-22(27)19(24-16-18-10-4-6-13-21(18)26)11-7-8-14-23-15-17-9-3-5-12-20(17)25/h3-6,9-10,12-13,15-16,19,25-26H,2,7-8,11,14H2,1H3. The molecule has 0 heterocycles. The molecule has 2 aromatic rings. The van der Waals surface area contributed by atoms with Gasteiger partial charge in [-0.3, -0.25) is 9.98 Å². The number of carbonyl (C=O) groups is 1. The second-order valence-electron chi connectivity index (χ2n) is 6.19. The average molecular weight is 382 g/mol. The van der Waals surface area contributed by atoms with E-state index in [-0.39, 0.29) is 17.5 Å². The molecular formula is C22H26N2O4. The van der Waals surface area contributed by atoms with Gasteiger partial charge in [-0.15, -0.1) is 0 Å². The summed E-state index contributed by atoms with van der Waals surface area (Å²) in [5, 5.41) is 19.5. The maximum absolute atomic E-state index is 12.1. The highest BCUT2D eigenvalue weighted by Gasteiger charge is 2.17. The fourth-order valence-electron chi connectivity index (χ4n) is 2.56. The van der Waals surface area contributed by atoms with Crippen LogP contribution in [0, 0.1) is 0 Å². The van der Waals surface area contributed by atoms with Crippen molar-refractivity contribution in [3.8, 4) is 11.5 Å². The van der Waals surface area contributed by atoms with Crippen LogP contribution in [0.4, 0.5) is 0 Å². The number of hydrogen-bond acceptors (Lipinski definition) is 6. The number of esters is 1. The smallest absolute Gasteiger partial charge is 0.330 e. The second kappa shape index (κ2) is 11.5. The Morgan fingerprint density at radius 2 is 1.61 bits per heavy atom. The first-order valence-electron chi connectivity index (χ1n) is 9.37. The Morgan fingerprint density at radius 3 is 2.21 bits per heavy atom. The topological polar surface area (TPSA) is 91.5 Å². The summed E-state index contributed by atoms with van der Waals surface area (Å²) in [7, 11) is 0. The number of phenols is 2. The Hall–Kier alpha value is -3.15. The molecule has 6 nitrogen and oxygen atoms in total. The van der Waals surface area contributed by atoms with Gasteiger partial charge in [0.1, 0.15) is 17.5 Å². The summed E-state index contributed by atoms with van der Waals surface area (Å²) < 4.78 is 5.10. The third-order valence-corrected chi connectivity index (χ3v) is 4.07. The fraction of sp³-hybridized carbons (Fsp3) is 0.318. The van der Waals surface area contributed by atoms with Crippen LogP contribution in [0.1, 0.15) is 37.3 Å². The molecule has 0 spiro atoms. The van der Waals surface area contributed by atoms with E-state index >= 15 is 0 Å². The number of carbonyl (C=O) groups excluding carboxylic acids is 1. The van der Waals surface area contributed by atoms with Crippen LogP contribution in [0.15, 0.2) is 58.5 Å². The number of unbranched alkanes of at least 4 members (excludes halogenated alkanes) is 1. The molecule has 6 heteroatoms. The average Bonchev–Trinajstić information content (AvgIpc) is 2.69. The van der Waals surface area contributed by atoms with Crippen molar-refractivity contribution in [1.82, 2.24) is 0 Å². The first-order valence-corrected chi connectivity index (χ1v) is 9.37. The number of aliphatic imine (C=N–C) groups is 2. The molecule has 0 saturated heterocycles. The predicted octanol–water partition coefficient (Wildman–Crippen LogP) is 3.74. The molecule has 0 fully saturated rings. The van der Waals surface area contributed by atoms with Crippen molar-refractivity contribution in [2.45, 2.75) is 32.2 Å².